The van der Waals surface area contributed by atoms with Gasteiger partial charge >= 0.3 is 0 Å². The van der Waals surface area contributed by atoms with Crippen LogP contribution in [0.2, 0.25) is 5.15 Å². The third kappa shape index (κ3) is 3.68. The molecule has 0 aliphatic rings. The summed E-state index contributed by atoms with van der Waals surface area (Å²) in [4.78, 5) is 20.0. The zero-order chi connectivity index (χ0) is 13.7. The van der Waals surface area contributed by atoms with Gasteiger partial charge in [0.15, 0.2) is 5.16 Å². The Labute approximate surface area is 120 Å². The van der Waals surface area contributed by atoms with E-state index in [1.807, 2.05) is 36.6 Å². The van der Waals surface area contributed by atoms with Gasteiger partial charge < -0.3 is 5.32 Å². The molecule has 1 amide bonds. The van der Waals surface area contributed by atoms with Crippen molar-refractivity contribution in [2.45, 2.75) is 11.7 Å². The SMILES string of the molecule is CSc1ncc(C(=O)NCc2ccccc2)c(Cl)n1. The van der Waals surface area contributed by atoms with Crippen LogP contribution in [0, 0.1) is 0 Å². The number of amides is 1. The normalized spacial score (nSPS) is 10.2. The van der Waals surface area contributed by atoms with Crippen molar-refractivity contribution in [1.29, 1.82) is 0 Å². The Bertz CT molecular complexity index is 577. The van der Waals surface area contributed by atoms with Crippen LogP contribution in [-0.2, 0) is 6.54 Å². The summed E-state index contributed by atoms with van der Waals surface area (Å²) in [5.74, 6) is -0.276. The molecule has 0 saturated carbocycles. The maximum absolute atomic E-state index is 12.0. The number of hydrogen-bond acceptors (Lipinski definition) is 4. The zero-order valence-electron chi connectivity index (χ0n) is 10.3. The first-order valence-electron chi connectivity index (χ1n) is 5.59. The van der Waals surface area contributed by atoms with Crippen molar-refractivity contribution in [3.8, 4) is 0 Å². The number of nitrogens with zero attached hydrogens (tertiary/aromatic N) is 2. The highest BCUT2D eigenvalue weighted by Gasteiger charge is 2.12. The van der Waals surface area contributed by atoms with Gasteiger partial charge in [-0.15, -0.1) is 0 Å². The smallest absolute Gasteiger partial charge is 0.256 e. The second kappa shape index (κ2) is 6.54. The highest BCUT2D eigenvalue weighted by molar-refractivity contribution is 7.98. The Morgan fingerprint density at radius 3 is 2.74 bits per heavy atom. The van der Waals surface area contributed by atoms with Gasteiger partial charge in [0.05, 0.1) is 5.56 Å². The van der Waals surface area contributed by atoms with E-state index in [0.29, 0.717) is 11.7 Å². The third-order valence-electron chi connectivity index (χ3n) is 2.44. The van der Waals surface area contributed by atoms with Crippen molar-refractivity contribution >= 4 is 29.3 Å². The monoisotopic (exact) mass is 293 g/mol. The topological polar surface area (TPSA) is 54.9 Å². The molecule has 98 valence electrons. The average molecular weight is 294 g/mol. The number of halogens is 1. The molecule has 19 heavy (non-hydrogen) atoms. The Kier molecular flexibility index (Phi) is 4.76. The van der Waals surface area contributed by atoms with Gasteiger partial charge in [-0.05, 0) is 11.8 Å². The number of nitrogens with one attached hydrogen (secondary N) is 1. The lowest BCUT2D eigenvalue weighted by Crippen LogP contribution is -2.23. The maximum atomic E-state index is 12.0. The van der Waals surface area contributed by atoms with Crippen LogP contribution in [0.4, 0.5) is 0 Å². The zero-order valence-corrected chi connectivity index (χ0v) is 11.8. The van der Waals surface area contributed by atoms with Crippen molar-refractivity contribution in [1.82, 2.24) is 15.3 Å². The summed E-state index contributed by atoms with van der Waals surface area (Å²) in [6.07, 6.45) is 3.29. The number of thioether (sulfide) groups is 1. The highest BCUT2D eigenvalue weighted by atomic mass is 35.5. The standard InChI is InChI=1S/C13H12ClN3OS/c1-19-13-16-8-10(11(14)17-13)12(18)15-7-9-5-3-2-4-6-9/h2-6,8H,7H2,1H3,(H,15,18). The van der Waals surface area contributed by atoms with Gasteiger partial charge in [0.2, 0.25) is 0 Å². The first-order chi connectivity index (χ1) is 9.20. The minimum Gasteiger partial charge on any atom is -0.348 e. The summed E-state index contributed by atoms with van der Waals surface area (Å²) in [7, 11) is 0. The molecule has 1 aromatic carbocycles. The van der Waals surface area contributed by atoms with Crippen LogP contribution in [0.5, 0.6) is 0 Å². The number of benzene rings is 1. The molecule has 0 spiro atoms. The number of rotatable bonds is 4. The Balaban J connectivity index is 2.04. The van der Waals surface area contributed by atoms with Crippen molar-refractivity contribution in [2.75, 3.05) is 6.26 Å². The van der Waals surface area contributed by atoms with Gasteiger partial charge in [-0.25, -0.2) is 9.97 Å². The maximum Gasteiger partial charge on any atom is 0.256 e. The fourth-order valence-electron chi connectivity index (χ4n) is 1.47. The summed E-state index contributed by atoms with van der Waals surface area (Å²) in [6.45, 7) is 0.445. The van der Waals surface area contributed by atoms with Crippen molar-refractivity contribution in [3.05, 3.63) is 52.8 Å². The van der Waals surface area contributed by atoms with E-state index in [4.69, 9.17) is 11.6 Å². The molecule has 6 heteroatoms. The molecule has 2 rings (SSSR count). The van der Waals surface area contributed by atoms with E-state index in [1.165, 1.54) is 18.0 Å². The molecule has 2 aromatic rings. The average Bonchev–Trinajstić information content (AvgIpc) is 2.45. The van der Waals surface area contributed by atoms with E-state index >= 15 is 0 Å². The van der Waals surface area contributed by atoms with Gasteiger partial charge in [-0.3, -0.25) is 4.79 Å². The number of carbonyl (C=O) groups excluding carboxylic acids is 1. The van der Waals surface area contributed by atoms with Gasteiger partial charge in [0.1, 0.15) is 5.15 Å². The second-order valence-electron chi connectivity index (χ2n) is 3.73. The minimum absolute atomic E-state index is 0.171. The molecular formula is C13H12ClN3OS. The first kappa shape index (κ1) is 13.8. The molecule has 1 heterocycles. The van der Waals surface area contributed by atoms with E-state index in [9.17, 15) is 4.79 Å². The Hall–Kier alpha value is -1.59. The minimum atomic E-state index is -0.276. The van der Waals surface area contributed by atoms with Crippen LogP contribution in [0.15, 0.2) is 41.7 Å². The fourth-order valence-corrected chi connectivity index (χ4v) is 2.08. The van der Waals surface area contributed by atoms with Crippen molar-refractivity contribution in [2.24, 2.45) is 0 Å². The van der Waals surface area contributed by atoms with E-state index in [0.717, 1.165) is 5.56 Å². The predicted octanol–water partition coefficient (Wildman–Crippen LogP) is 2.78. The summed E-state index contributed by atoms with van der Waals surface area (Å²) < 4.78 is 0. The molecule has 0 aliphatic heterocycles. The van der Waals surface area contributed by atoms with Crippen LogP contribution in [-0.4, -0.2) is 22.1 Å². The largest absolute Gasteiger partial charge is 0.348 e. The molecule has 0 bridgehead atoms. The van der Waals surface area contributed by atoms with Gasteiger partial charge in [0.25, 0.3) is 5.91 Å². The van der Waals surface area contributed by atoms with Crippen molar-refractivity contribution < 1.29 is 4.79 Å². The number of hydrogen-bond donors (Lipinski definition) is 1. The molecule has 0 fully saturated rings. The van der Waals surface area contributed by atoms with E-state index in [1.54, 1.807) is 0 Å². The van der Waals surface area contributed by atoms with Crippen LogP contribution in [0.3, 0.4) is 0 Å². The lowest BCUT2D eigenvalue weighted by Gasteiger charge is -2.06. The molecule has 1 N–H and O–H groups in total. The molecule has 4 nitrogen and oxygen atoms in total. The Morgan fingerprint density at radius 1 is 1.37 bits per heavy atom. The molecule has 0 radical (unpaired) electrons. The molecule has 0 aliphatic carbocycles. The van der Waals surface area contributed by atoms with Gasteiger partial charge in [-0.1, -0.05) is 53.7 Å². The van der Waals surface area contributed by atoms with Crippen LogP contribution < -0.4 is 5.32 Å². The lowest BCUT2D eigenvalue weighted by molar-refractivity contribution is 0.0950. The molecule has 1 aromatic heterocycles. The Morgan fingerprint density at radius 2 is 2.11 bits per heavy atom. The molecular weight excluding hydrogens is 282 g/mol. The molecule has 0 atom stereocenters. The fraction of sp³-hybridized carbons (Fsp3) is 0.154. The quantitative estimate of drug-likeness (QED) is 0.535. The second-order valence-corrected chi connectivity index (χ2v) is 4.86. The van der Waals surface area contributed by atoms with Gasteiger partial charge in [0, 0.05) is 12.7 Å². The number of carbonyl (C=O) groups is 1. The lowest BCUT2D eigenvalue weighted by atomic mass is 10.2. The van der Waals surface area contributed by atoms with E-state index < -0.39 is 0 Å². The molecule has 0 unspecified atom stereocenters. The summed E-state index contributed by atoms with van der Waals surface area (Å²) in [5.41, 5.74) is 1.31. The van der Waals surface area contributed by atoms with Crippen LogP contribution >= 0.6 is 23.4 Å². The number of aromatic nitrogens is 2. The van der Waals surface area contributed by atoms with E-state index in [-0.39, 0.29) is 16.6 Å². The first-order valence-corrected chi connectivity index (χ1v) is 7.19. The summed E-state index contributed by atoms with van der Waals surface area (Å²) >= 11 is 7.33. The van der Waals surface area contributed by atoms with Crippen LogP contribution in [0.1, 0.15) is 15.9 Å². The van der Waals surface area contributed by atoms with Crippen LogP contribution in [0.25, 0.3) is 0 Å². The summed E-state index contributed by atoms with van der Waals surface area (Å²) in [5, 5.41) is 3.50. The summed E-state index contributed by atoms with van der Waals surface area (Å²) in [6, 6.07) is 9.65. The van der Waals surface area contributed by atoms with Gasteiger partial charge in [-0.2, -0.15) is 0 Å². The van der Waals surface area contributed by atoms with Crippen molar-refractivity contribution in [3.63, 3.8) is 0 Å². The highest BCUT2D eigenvalue weighted by Crippen LogP contribution is 2.16. The van der Waals surface area contributed by atoms with E-state index in [2.05, 4.69) is 15.3 Å². The molecule has 0 saturated heterocycles. The third-order valence-corrected chi connectivity index (χ3v) is 3.29. The predicted molar refractivity (Wildman–Crippen MR) is 76.4 cm³/mol.